The maximum Gasteiger partial charge on any atom is 0.238 e. The quantitative estimate of drug-likeness (QED) is 0.736. The maximum absolute atomic E-state index is 12.7. The van der Waals surface area contributed by atoms with Crippen LogP contribution in [0.15, 0.2) is 59.8 Å². The fourth-order valence-electron chi connectivity index (χ4n) is 3.62. The molecule has 2 atom stereocenters. The highest BCUT2D eigenvalue weighted by Crippen LogP contribution is 2.48. The zero-order valence-corrected chi connectivity index (χ0v) is 15.7. The van der Waals surface area contributed by atoms with Crippen molar-refractivity contribution in [2.75, 3.05) is 0 Å². The van der Waals surface area contributed by atoms with Gasteiger partial charge in [-0.15, -0.1) is 0 Å². The van der Waals surface area contributed by atoms with E-state index in [0.29, 0.717) is 6.42 Å². The van der Waals surface area contributed by atoms with E-state index in [0.717, 1.165) is 33.9 Å². The van der Waals surface area contributed by atoms with Crippen molar-refractivity contribution in [1.29, 1.82) is 0 Å². The average Bonchev–Trinajstić information content (AvgIpc) is 3.43. The summed E-state index contributed by atoms with van der Waals surface area (Å²) in [5.74, 6) is 0.388. The molecule has 1 aliphatic rings. The molecule has 0 radical (unpaired) electrons. The number of aryl methyl sites for hydroxylation is 1. The molecule has 1 saturated carbocycles. The SMILES string of the molecule is Cc1cncc2ccc(CC(=O)[C@@H]3C[C@H]3c3ccc(S(N)(=O)=O)cc3)cc12. The Labute approximate surface area is 158 Å². The topological polar surface area (TPSA) is 90.1 Å². The van der Waals surface area contributed by atoms with Crippen LogP contribution in [-0.2, 0) is 21.2 Å². The van der Waals surface area contributed by atoms with E-state index >= 15 is 0 Å². The van der Waals surface area contributed by atoms with E-state index in [4.69, 9.17) is 5.14 Å². The highest BCUT2D eigenvalue weighted by Gasteiger charge is 2.43. The van der Waals surface area contributed by atoms with E-state index in [1.807, 2.05) is 31.5 Å². The standard InChI is InChI=1S/C21H20N2O3S/c1-13-11-23-12-16-3-2-14(8-18(13)16)9-21(24)20-10-19(20)15-4-6-17(7-5-15)27(22,25)26/h2-8,11-12,19-20H,9-10H2,1H3,(H2,22,25,26)/t19-,20+/m0/s1. The number of sulfonamides is 1. The lowest BCUT2D eigenvalue weighted by molar-refractivity contribution is -0.119. The number of carbonyl (C=O) groups excluding carboxylic acids is 1. The number of fused-ring (bicyclic) bond motifs is 1. The molecule has 4 rings (SSSR count). The predicted octanol–water partition coefficient (Wildman–Crippen LogP) is 3.11. The van der Waals surface area contributed by atoms with Crippen LogP contribution in [0.2, 0.25) is 0 Å². The molecule has 0 amide bonds. The number of nitrogens with two attached hydrogens (primary N) is 1. The number of hydrogen-bond donors (Lipinski definition) is 1. The van der Waals surface area contributed by atoms with Crippen molar-refractivity contribution in [3.8, 4) is 0 Å². The van der Waals surface area contributed by atoms with E-state index < -0.39 is 10.0 Å². The summed E-state index contributed by atoms with van der Waals surface area (Å²) < 4.78 is 22.7. The molecule has 1 aliphatic carbocycles. The second-order valence-electron chi connectivity index (χ2n) is 7.22. The smallest absolute Gasteiger partial charge is 0.238 e. The second kappa shape index (κ2) is 6.55. The number of rotatable bonds is 5. The molecule has 1 fully saturated rings. The van der Waals surface area contributed by atoms with Crippen molar-refractivity contribution in [2.24, 2.45) is 11.1 Å². The zero-order valence-electron chi connectivity index (χ0n) is 14.9. The molecule has 0 bridgehead atoms. The van der Waals surface area contributed by atoms with Crippen LogP contribution in [0, 0.1) is 12.8 Å². The summed E-state index contributed by atoms with van der Waals surface area (Å²) in [6, 6.07) is 12.6. The van der Waals surface area contributed by atoms with E-state index in [1.54, 1.807) is 12.1 Å². The Hall–Kier alpha value is -2.57. The fourth-order valence-corrected chi connectivity index (χ4v) is 4.14. The molecule has 0 spiro atoms. The Balaban J connectivity index is 1.47. The lowest BCUT2D eigenvalue weighted by Gasteiger charge is -2.06. The molecule has 2 N–H and O–H groups in total. The van der Waals surface area contributed by atoms with Gasteiger partial charge >= 0.3 is 0 Å². The summed E-state index contributed by atoms with van der Waals surface area (Å²) in [7, 11) is -3.69. The van der Waals surface area contributed by atoms with Gasteiger partial charge in [0.05, 0.1) is 4.90 Å². The van der Waals surface area contributed by atoms with Gasteiger partial charge in [-0.05, 0) is 53.5 Å². The minimum absolute atomic E-state index is 0.000400. The predicted molar refractivity (Wildman–Crippen MR) is 104 cm³/mol. The molecular weight excluding hydrogens is 360 g/mol. The number of carbonyl (C=O) groups is 1. The van der Waals surface area contributed by atoms with E-state index in [2.05, 4.69) is 11.1 Å². The number of nitrogens with zero attached hydrogens (tertiary/aromatic N) is 1. The molecule has 6 heteroatoms. The minimum Gasteiger partial charge on any atom is -0.299 e. The Bertz CT molecular complexity index is 1140. The number of hydrogen-bond acceptors (Lipinski definition) is 4. The number of pyridine rings is 1. The van der Waals surface area contributed by atoms with Gasteiger partial charge in [0.15, 0.2) is 0 Å². The van der Waals surface area contributed by atoms with E-state index in [9.17, 15) is 13.2 Å². The first kappa shape index (κ1) is 17.8. The summed E-state index contributed by atoms with van der Waals surface area (Å²) in [4.78, 5) is 17.0. The van der Waals surface area contributed by atoms with Crippen molar-refractivity contribution < 1.29 is 13.2 Å². The molecular formula is C21H20N2O3S. The van der Waals surface area contributed by atoms with Crippen molar-refractivity contribution in [1.82, 2.24) is 4.98 Å². The van der Waals surface area contributed by atoms with Crippen LogP contribution in [-0.4, -0.2) is 19.2 Å². The van der Waals surface area contributed by atoms with Crippen molar-refractivity contribution in [2.45, 2.75) is 30.6 Å². The van der Waals surface area contributed by atoms with Gasteiger partial charge in [-0.2, -0.15) is 0 Å². The molecule has 1 aromatic heterocycles. The van der Waals surface area contributed by atoms with Crippen LogP contribution in [0.25, 0.3) is 10.8 Å². The summed E-state index contributed by atoms with van der Waals surface area (Å²) in [5.41, 5.74) is 3.10. The average molecular weight is 380 g/mol. The lowest BCUT2D eigenvalue weighted by atomic mass is 9.99. The Morgan fingerprint density at radius 2 is 1.89 bits per heavy atom. The number of Topliss-reactive ketones (excluding diaryl/α,β-unsaturated/α-hetero) is 1. The van der Waals surface area contributed by atoms with E-state index in [-0.39, 0.29) is 22.5 Å². The van der Waals surface area contributed by atoms with Crippen molar-refractivity contribution >= 4 is 26.6 Å². The molecule has 5 nitrogen and oxygen atoms in total. The van der Waals surface area contributed by atoms with Crippen LogP contribution < -0.4 is 5.14 Å². The Kier molecular flexibility index (Phi) is 4.32. The molecule has 27 heavy (non-hydrogen) atoms. The number of primary sulfonamides is 1. The third-order valence-corrected chi connectivity index (χ3v) is 6.17. The van der Waals surface area contributed by atoms with Crippen molar-refractivity contribution in [3.63, 3.8) is 0 Å². The third-order valence-electron chi connectivity index (χ3n) is 5.24. The van der Waals surface area contributed by atoms with Gasteiger partial charge in [-0.1, -0.05) is 30.3 Å². The van der Waals surface area contributed by atoms with Crippen LogP contribution in [0.1, 0.15) is 29.0 Å². The van der Waals surface area contributed by atoms with Crippen LogP contribution in [0.4, 0.5) is 0 Å². The van der Waals surface area contributed by atoms with Gasteiger partial charge in [0.1, 0.15) is 5.78 Å². The van der Waals surface area contributed by atoms with Gasteiger partial charge in [0, 0.05) is 30.1 Å². The number of ketones is 1. The largest absolute Gasteiger partial charge is 0.299 e. The third kappa shape index (κ3) is 3.63. The summed E-state index contributed by atoms with van der Waals surface area (Å²) in [6.07, 6.45) is 4.88. The van der Waals surface area contributed by atoms with Gasteiger partial charge in [-0.3, -0.25) is 9.78 Å². The molecule has 1 heterocycles. The molecule has 138 valence electrons. The molecule has 0 unspecified atom stereocenters. The van der Waals surface area contributed by atoms with Gasteiger partial charge in [0.25, 0.3) is 0 Å². The zero-order chi connectivity index (χ0) is 19.2. The maximum atomic E-state index is 12.7. The molecule has 2 aromatic carbocycles. The van der Waals surface area contributed by atoms with Crippen LogP contribution in [0.5, 0.6) is 0 Å². The Morgan fingerprint density at radius 3 is 2.59 bits per heavy atom. The number of benzene rings is 2. The van der Waals surface area contributed by atoms with Crippen LogP contribution in [0.3, 0.4) is 0 Å². The first-order valence-electron chi connectivity index (χ1n) is 8.81. The van der Waals surface area contributed by atoms with Crippen molar-refractivity contribution in [3.05, 3.63) is 71.5 Å². The fraction of sp³-hybridized carbons (Fsp3) is 0.238. The summed E-state index contributed by atoms with van der Waals surface area (Å²) >= 11 is 0. The monoisotopic (exact) mass is 380 g/mol. The molecule has 0 saturated heterocycles. The summed E-state index contributed by atoms with van der Waals surface area (Å²) in [5, 5.41) is 7.32. The first-order valence-corrected chi connectivity index (χ1v) is 10.4. The van der Waals surface area contributed by atoms with Crippen LogP contribution >= 0.6 is 0 Å². The summed E-state index contributed by atoms with van der Waals surface area (Å²) in [6.45, 7) is 2.02. The van der Waals surface area contributed by atoms with Gasteiger partial charge in [0.2, 0.25) is 10.0 Å². The molecule has 0 aliphatic heterocycles. The highest BCUT2D eigenvalue weighted by atomic mass is 32.2. The van der Waals surface area contributed by atoms with Gasteiger partial charge < -0.3 is 0 Å². The normalized spacial score (nSPS) is 19.2. The number of aromatic nitrogens is 1. The Morgan fingerprint density at radius 1 is 1.15 bits per heavy atom. The molecule has 3 aromatic rings. The lowest BCUT2D eigenvalue weighted by Crippen LogP contribution is -2.12. The van der Waals surface area contributed by atoms with E-state index in [1.165, 1.54) is 12.1 Å². The van der Waals surface area contributed by atoms with Gasteiger partial charge in [-0.25, -0.2) is 13.6 Å². The minimum atomic E-state index is -3.69. The highest BCUT2D eigenvalue weighted by molar-refractivity contribution is 7.89. The second-order valence-corrected chi connectivity index (χ2v) is 8.78. The first-order chi connectivity index (χ1) is 12.8.